The molecule has 0 aromatic rings. The zero-order valence-electron chi connectivity index (χ0n) is 7.25. The number of rotatable bonds is 3. The van der Waals surface area contributed by atoms with Crippen LogP contribution in [0.25, 0.3) is 0 Å². The highest BCUT2D eigenvalue weighted by atomic mass is 127. The van der Waals surface area contributed by atoms with Crippen LogP contribution in [-0.2, 0) is 0 Å². The molecule has 4 heteroatoms. The third kappa shape index (κ3) is 1.97. The lowest BCUT2D eigenvalue weighted by molar-refractivity contribution is -0.142. The highest BCUT2D eigenvalue weighted by Gasteiger charge is 2.65. The molecule has 0 aromatic heterocycles. The molecule has 0 atom stereocenters. The van der Waals surface area contributed by atoms with Gasteiger partial charge in [0.15, 0.2) is 0 Å². The Kier molecular flexibility index (Phi) is 2.14. The Morgan fingerprint density at radius 1 is 1.15 bits per heavy atom. The molecule has 0 heterocycles. The molecule has 0 unspecified atom stereocenters. The predicted molar refractivity (Wildman–Crippen MR) is 52.9 cm³/mol. The van der Waals surface area contributed by atoms with Crippen molar-refractivity contribution in [2.45, 2.75) is 48.1 Å². The van der Waals surface area contributed by atoms with Gasteiger partial charge in [0.1, 0.15) is 0 Å². The highest BCUT2D eigenvalue weighted by molar-refractivity contribution is 14.1. The van der Waals surface area contributed by atoms with Gasteiger partial charge in [-0.05, 0) is 37.5 Å². The van der Waals surface area contributed by atoms with E-state index in [9.17, 15) is 13.2 Å². The van der Waals surface area contributed by atoms with Crippen molar-refractivity contribution in [2.24, 2.45) is 5.41 Å². The minimum absolute atomic E-state index is 0.330. The maximum absolute atomic E-state index is 11.8. The van der Waals surface area contributed by atoms with E-state index in [1.807, 2.05) is 0 Å². The van der Waals surface area contributed by atoms with Gasteiger partial charge in [0.25, 0.3) is 0 Å². The summed E-state index contributed by atoms with van der Waals surface area (Å²) in [4.78, 5) is 0. The van der Waals surface area contributed by atoms with E-state index >= 15 is 0 Å². The lowest BCUT2D eigenvalue weighted by atomic mass is 9.43. The molecular formula is C9H12F3I. The summed E-state index contributed by atoms with van der Waals surface area (Å²) < 4.78 is 36.0. The second kappa shape index (κ2) is 2.76. The smallest absolute Gasteiger partial charge is 0.171 e. The molecule has 2 bridgehead atoms. The van der Waals surface area contributed by atoms with E-state index in [0.717, 1.165) is 6.42 Å². The maximum Gasteiger partial charge on any atom is 0.389 e. The third-order valence-electron chi connectivity index (χ3n) is 3.24. The van der Waals surface area contributed by atoms with E-state index in [0.29, 0.717) is 15.3 Å². The number of halogens is 4. The molecule has 0 saturated heterocycles. The molecule has 0 nitrogen and oxygen atoms in total. The Bertz CT molecular complexity index is 202. The molecule has 3 aliphatic carbocycles. The lowest BCUT2D eigenvalue weighted by Gasteiger charge is -2.68. The zero-order chi connectivity index (χ0) is 9.74. The molecular weight excluding hydrogens is 292 g/mol. The molecule has 76 valence electrons. The highest BCUT2D eigenvalue weighted by Crippen LogP contribution is 2.73. The summed E-state index contributed by atoms with van der Waals surface area (Å²) in [5, 5.41) is 0. The standard InChI is InChI=1S/C9H12F3I/c10-9(11,12)3-1-2-7-4-8(13,5-7)6-7/h1-6H2. The molecule has 3 rings (SSSR count). The van der Waals surface area contributed by atoms with Gasteiger partial charge < -0.3 is 0 Å². The molecule has 0 amide bonds. The van der Waals surface area contributed by atoms with Crippen molar-refractivity contribution >= 4 is 22.6 Å². The van der Waals surface area contributed by atoms with Gasteiger partial charge in [-0.3, -0.25) is 0 Å². The molecule has 0 radical (unpaired) electrons. The third-order valence-corrected chi connectivity index (χ3v) is 4.39. The van der Waals surface area contributed by atoms with Gasteiger partial charge in [-0.1, -0.05) is 22.6 Å². The van der Waals surface area contributed by atoms with Crippen LogP contribution in [0.15, 0.2) is 0 Å². The van der Waals surface area contributed by atoms with Crippen molar-refractivity contribution in [3.8, 4) is 0 Å². The monoisotopic (exact) mass is 304 g/mol. The molecule has 3 aliphatic rings. The molecule has 13 heavy (non-hydrogen) atoms. The number of alkyl halides is 4. The second-order valence-corrected chi connectivity index (χ2v) is 6.94. The van der Waals surface area contributed by atoms with Crippen LogP contribution in [0.2, 0.25) is 0 Å². The van der Waals surface area contributed by atoms with Gasteiger partial charge in [-0.15, -0.1) is 0 Å². The zero-order valence-corrected chi connectivity index (χ0v) is 9.41. The van der Waals surface area contributed by atoms with E-state index < -0.39 is 12.6 Å². The summed E-state index contributed by atoms with van der Waals surface area (Å²) in [6.45, 7) is 0. The van der Waals surface area contributed by atoms with Gasteiger partial charge in [0.2, 0.25) is 0 Å². The Labute approximate surface area is 89.4 Å². The van der Waals surface area contributed by atoms with Gasteiger partial charge in [0, 0.05) is 9.84 Å². The largest absolute Gasteiger partial charge is 0.389 e. The van der Waals surface area contributed by atoms with Crippen LogP contribution in [-0.4, -0.2) is 9.60 Å². The topological polar surface area (TPSA) is 0 Å². The van der Waals surface area contributed by atoms with E-state index in [1.165, 1.54) is 19.3 Å². The van der Waals surface area contributed by atoms with E-state index in [-0.39, 0.29) is 0 Å². The minimum Gasteiger partial charge on any atom is -0.171 e. The first kappa shape index (κ1) is 10.1. The first-order valence-corrected chi connectivity index (χ1v) is 5.66. The summed E-state index contributed by atoms with van der Waals surface area (Å²) in [5.74, 6) is 0. The lowest BCUT2D eigenvalue weighted by Crippen LogP contribution is -2.62. The number of hydrogen-bond acceptors (Lipinski definition) is 0. The predicted octanol–water partition coefficient (Wildman–Crippen LogP) is 4.08. The van der Waals surface area contributed by atoms with E-state index in [2.05, 4.69) is 22.6 Å². The van der Waals surface area contributed by atoms with Gasteiger partial charge in [0.05, 0.1) is 0 Å². The van der Waals surface area contributed by atoms with Gasteiger partial charge in [-0.2, -0.15) is 13.2 Å². The van der Waals surface area contributed by atoms with E-state index in [1.54, 1.807) is 0 Å². The van der Waals surface area contributed by atoms with Crippen LogP contribution in [0.3, 0.4) is 0 Å². The van der Waals surface area contributed by atoms with E-state index in [4.69, 9.17) is 0 Å². The Hall–Kier alpha value is 0.520. The number of hydrogen-bond donors (Lipinski definition) is 0. The van der Waals surface area contributed by atoms with Crippen LogP contribution in [0, 0.1) is 5.41 Å². The Morgan fingerprint density at radius 3 is 2.08 bits per heavy atom. The van der Waals surface area contributed by atoms with Crippen LogP contribution >= 0.6 is 22.6 Å². The van der Waals surface area contributed by atoms with Crippen LogP contribution < -0.4 is 0 Å². The summed E-state index contributed by atoms with van der Waals surface area (Å²) in [7, 11) is 0. The summed E-state index contributed by atoms with van der Waals surface area (Å²) in [6, 6.07) is 0. The average molecular weight is 304 g/mol. The quantitative estimate of drug-likeness (QED) is 0.544. The van der Waals surface area contributed by atoms with Crippen molar-refractivity contribution in [3.63, 3.8) is 0 Å². The normalized spacial score (nSPS) is 42.5. The van der Waals surface area contributed by atoms with Crippen LogP contribution in [0.4, 0.5) is 13.2 Å². The first-order chi connectivity index (χ1) is 5.83. The van der Waals surface area contributed by atoms with Gasteiger partial charge in [-0.25, -0.2) is 0 Å². The van der Waals surface area contributed by atoms with Crippen molar-refractivity contribution in [1.29, 1.82) is 0 Å². The van der Waals surface area contributed by atoms with Crippen molar-refractivity contribution in [2.75, 3.05) is 0 Å². The fraction of sp³-hybridized carbons (Fsp3) is 1.00. The first-order valence-electron chi connectivity index (χ1n) is 4.58. The Morgan fingerprint density at radius 2 is 1.69 bits per heavy atom. The molecule has 3 fully saturated rings. The molecule has 3 saturated carbocycles. The van der Waals surface area contributed by atoms with Crippen molar-refractivity contribution < 1.29 is 13.2 Å². The van der Waals surface area contributed by atoms with Gasteiger partial charge >= 0.3 is 6.18 Å². The maximum atomic E-state index is 11.8. The summed E-state index contributed by atoms with van der Waals surface area (Å²) >= 11 is 2.45. The SMILES string of the molecule is FC(F)(F)CCCC12CC(I)(C1)C2. The summed E-state index contributed by atoms with van der Waals surface area (Å²) in [5.41, 5.74) is 0.340. The second-order valence-electron chi connectivity index (χ2n) is 4.65. The van der Waals surface area contributed by atoms with Crippen LogP contribution in [0.5, 0.6) is 0 Å². The fourth-order valence-corrected chi connectivity index (χ4v) is 5.22. The van der Waals surface area contributed by atoms with Crippen molar-refractivity contribution in [1.82, 2.24) is 0 Å². The molecule has 0 aliphatic heterocycles. The molecule has 0 spiro atoms. The average Bonchev–Trinajstić information content (AvgIpc) is 1.78. The van der Waals surface area contributed by atoms with Crippen molar-refractivity contribution in [3.05, 3.63) is 0 Å². The summed E-state index contributed by atoms with van der Waals surface area (Å²) in [6.07, 6.45) is 0.0667. The molecule has 0 N–H and O–H groups in total. The fourth-order valence-electron chi connectivity index (χ4n) is 2.79. The Balaban J connectivity index is 1.66. The minimum atomic E-state index is -3.95. The molecule has 0 aromatic carbocycles. The van der Waals surface area contributed by atoms with Crippen LogP contribution in [0.1, 0.15) is 38.5 Å².